The Hall–Kier alpha value is -1.62. The second-order valence-corrected chi connectivity index (χ2v) is 7.80. The van der Waals surface area contributed by atoms with Gasteiger partial charge in [-0.2, -0.15) is 0 Å². The number of amides is 1. The summed E-state index contributed by atoms with van der Waals surface area (Å²) < 4.78 is 0. The topological polar surface area (TPSA) is 65.2 Å². The Balaban J connectivity index is 1.53. The van der Waals surface area contributed by atoms with Gasteiger partial charge < -0.3 is 15.2 Å². The van der Waals surface area contributed by atoms with Gasteiger partial charge in [0.25, 0.3) is 5.91 Å². The van der Waals surface area contributed by atoms with Gasteiger partial charge in [-0.05, 0) is 64.0 Å². The lowest BCUT2D eigenvalue weighted by Crippen LogP contribution is -2.47. The van der Waals surface area contributed by atoms with Crippen LogP contribution in [0.3, 0.4) is 0 Å². The molecule has 1 aromatic rings. The monoisotopic (exact) mass is 329 g/mol. The van der Waals surface area contributed by atoms with E-state index < -0.39 is 0 Å². The molecule has 0 aromatic carbocycles. The third-order valence-corrected chi connectivity index (χ3v) is 6.36. The van der Waals surface area contributed by atoms with E-state index in [0.717, 1.165) is 63.3 Å². The summed E-state index contributed by atoms with van der Waals surface area (Å²) >= 11 is 0. The molecule has 2 fully saturated rings. The van der Waals surface area contributed by atoms with Crippen molar-refractivity contribution >= 4 is 11.7 Å². The number of carbonyl (C=O) groups excluding carboxylic acids is 2. The summed E-state index contributed by atoms with van der Waals surface area (Å²) in [4.78, 5) is 30.7. The summed E-state index contributed by atoms with van der Waals surface area (Å²) in [6.07, 6.45) is 6.99. The first-order valence-electron chi connectivity index (χ1n) is 9.34. The normalized spacial score (nSPS) is 23.4. The number of rotatable bonds is 1. The predicted octanol–water partition coefficient (Wildman–Crippen LogP) is 2.45. The summed E-state index contributed by atoms with van der Waals surface area (Å²) in [5.41, 5.74) is 3.60. The van der Waals surface area contributed by atoms with Gasteiger partial charge in [0, 0.05) is 30.9 Å². The number of carbonyl (C=O) groups is 2. The Morgan fingerprint density at radius 3 is 2.50 bits per heavy atom. The van der Waals surface area contributed by atoms with Crippen LogP contribution in [0.1, 0.15) is 70.6 Å². The van der Waals surface area contributed by atoms with E-state index in [-0.39, 0.29) is 11.7 Å². The zero-order valence-electron chi connectivity index (χ0n) is 14.5. The van der Waals surface area contributed by atoms with Crippen LogP contribution in [-0.2, 0) is 6.42 Å². The first-order chi connectivity index (χ1) is 11.6. The molecule has 0 bridgehead atoms. The number of nitrogens with one attached hydrogen (secondary N) is 2. The molecule has 1 spiro atoms. The van der Waals surface area contributed by atoms with Crippen LogP contribution in [0.2, 0.25) is 0 Å². The van der Waals surface area contributed by atoms with Gasteiger partial charge in [0.1, 0.15) is 0 Å². The molecule has 5 nitrogen and oxygen atoms in total. The molecule has 1 aliphatic carbocycles. The van der Waals surface area contributed by atoms with Crippen LogP contribution >= 0.6 is 0 Å². The van der Waals surface area contributed by atoms with Crippen LogP contribution in [0.4, 0.5) is 0 Å². The Morgan fingerprint density at radius 1 is 1.08 bits per heavy atom. The van der Waals surface area contributed by atoms with E-state index >= 15 is 0 Å². The highest BCUT2D eigenvalue weighted by atomic mass is 16.2. The minimum atomic E-state index is 0.0593. The Labute approximate surface area is 143 Å². The van der Waals surface area contributed by atoms with Crippen LogP contribution in [-0.4, -0.2) is 47.8 Å². The lowest BCUT2D eigenvalue weighted by atomic mass is 9.71. The number of aromatic nitrogens is 1. The van der Waals surface area contributed by atoms with Gasteiger partial charge in [0.15, 0.2) is 5.78 Å². The lowest BCUT2D eigenvalue weighted by molar-refractivity contribution is 0.0493. The molecule has 130 valence electrons. The van der Waals surface area contributed by atoms with E-state index in [9.17, 15) is 9.59 Å². The third kappa shape index (κ3) is 2.59. The molecule has 0 radical (unpaired) electrons. The molecule has 2 saturated heterocycles. The highest BCUT2D eigenvalue weighted by molar-refractivity contribution is 6.10. The SMILES string of the molecule is Cc1[nH]c2c(c1C(=O)N1CCC3(CCNCC3)CC1)C(=O)CCC2. The first-order valence-corrected chi connectivity index (χ1v) is 9.34. The molecule has 3 aliphatic rings. The minimum Gasteiger partial charge on any atom is -0.361 e. The number of ketones is 1. The van der Waals surface area contributed by atoms with Crippen molar-refractivity contribution in [3.05, 3.63) is 22.5 Å². The number of fused-ring (bicyclic) bond motifs is 1. The Kier molecular flexibility index (Phi) is 3.99. The maximum atomic E-state index is 13.1. The number of nitrogens with zero attached hydrogens (tertiary/aromatic N) is 1. The highest BCUT2D eigenvalue weighted by Gasteiger charge is 2.38. The largest absolute Gasteiger partial charge is 0.361 e. The van der Waals surface area contributed by atoms with Gasteiger partial charge in [-0.3, -0.25) is 9.59 Å². The van der Waals surface area contributed by atoms with Crippen molar-refractivity contribution < 1.29 is 9.59 Å². The summed E-state index contributed by atoms with van der Waals surface area (Å²) in [5, 5.41) is 3.44. The number of hydrogen-bond acceptors (Lipinski definition) is 3. The molecular weight excluding hydrogens is 302 g/mol. The Bertz CT molecular complexity index is 660. The van der Waals surface area contributed by atoms with Gasteiger partial charge in [-0.25, -0.2) is 0 Å². The van der Waals surface area contributed by atoms with E-state index in [4.69, 9.17) is 0 Å². The fourth-order valence-corrected chi connectivity index (χ4v) is 4.80. The van der Waals surface area contributed by atoms with Crippen molar-refractivity contribution in [1.82, 2.24) is 15.2 Å². The highest BCUT2D eigenvalue weighted by Crippen LogP contribution is 2.40. The van der Waals surface area contributed by atoms with E-state index in [1.54, 1.807) is 0 Å². The molecule has 1 aromatic heterocycles. The number of hydrogen-bond donors (Lipinski definition) is 2. The zero-order chi connectivity index (χ0) is 16.7. The first kappa shape index (κ1) is 15.9. The van der Waals surface area contributed by atoms with Gasteiger partial charge in [0.05, 0.1) is 11.1 Å². The van der Waals surface area contributed by atoms with E-state index in [1.165, 1.54) is 12.8 Å². The van der Waals surface area contributed by atoms with E-state index in [2.05, 4.69) is 10.3 Å². The fourth-order valence-electron chi connectivity index (χ4n) is 4.80. The van der Waals surface area contributed by atoms with Crippen molar-refractivity contribution in [3.8, 4) is 0 Å². The number of piperidine rings is 2. The molecule has 5 heteroatoms. The minimum absolute atomic E-state index is 0.0593. The molecule has 3 heterocycles. The van der Waals surface area contributed by atoms with E-state index in [1.807, 2.05) is 11.8 Å². The van der Waals surface area contributed by atoms with Gasteiger partial charge in [-0.15, -0.1) is 0 Å². The van der Waals surface area contributed by atoms with E-state index in [0.29, 0.717) is 23.0 Å². The second kappa shape index (κ2) is 6.03. The van der Waals surface area contributed by atoms with Crippen molar-refractivity contribution in [3.63, 3.8) is 0 Å². The second-order valence-electron chi connectivity index (χ2n) is 7.80. The van der Waals surface area contributed by atoms with Crippen LogP contribution in [0.15, 0.2) is 0 Å². The summed E-state index contributed by atoms with van der Waals surface area (Å²) in [6.45, 7) is 5.79. The number of H-pyrrole nitrogens is 1. The molecule has 2 aliphatic heterocycles. The molecule has 0 saturated carbocycles. The van der Waals surface area contributed by atoms with Crippen molar-refractivity contribution in [2.24, 2.45) is 5.41 Å². The Morgan fingerprint density at radius 2 is 1.79 bits per heavy atom. The molecular formula is C19H27N3O2. The van der Waals surface area contributed by atoms with Crippen LogP contribution in [0.25, 0.3) is 0 Å². The van der Waals surface area contributed by atoms with Gasteiger partial charge in [0.2, 0.25) is 0 Å². The quantitative estimate of drug-likeness (QED) is 0.832. The molecule has 24 heavy (non-hydrogen) atoms. The number of aromatic amines is 1. The summed E-state index contributed by atoms with van der Waals surface area (Å²) in [5.74, 6) is 0.194. The lowest BCUT2D eigenvalue weighted by Gasteiger charge is -2.44. The van der Waals surface area contributed by atoms with Crippen molar-refractivity contribution in [2.75, 3.05) is 26.2 Å². The third-order valence-electron chi connectivity index (χ3n) is 6.36. The van der Waals surface area contributed by atoms with Crippen LogP contribution in [0.5, 0.6) is 0 Å². The van der Waals surface area contributed by atoms with Crippen LogP contribution < -0.4 is 5.32 Å². The zero-order valence-corrected chi connectivity index (χ0v) is 14.5. The smallest absolute Gasteiger partial charge is 0.256 e. The maximum absolute atomic E-state index is 13.1. The summed E-state index contributed by atoms with van der Waals surface area (Å²) in [7, 11) is 0. The van der Waals surface area contributed by atoms with Gasteiger partial charge in [-0.1, -0.05) is 0 Å². The molecule has 0 unspecified atom stereocenters. The standard InChI is InChI=1S/C19H27N3O2/c1-13-16(17-14(21-13)3-2-4-15(17)23)18(24)22-11-7-19(8-12-22)5-9-20-10-6-19/h20-21H,2-12H2,1H3. The maximum Gasteiger partial charge on any atom is 0.256 e. The number of Topliss-reactive ketones (excluding diaryl/α,β-unsaturated/α-hetero) is 1. The molecule has 0 atom stereocenters. The average Bonchev–Trinajstić information content (AvgIpc) is 2.93. The number of likely N-dealkylation sites (tertiary alicyclic amines) is 1. The van der Waals surface area contributed by atoms with Crippen LogP contribution in [0, 0.1) is 12.3 Å². The van der Waals surface area contributed by atoms with Gasteiger partial charge >= 0.3 is 0 Å². The fraction of sp³-hybridized carbons (Fsp3) is 0.684. The molecule has 4 rings (SSSR count). The molecule has 2 N–H and O–H groups in total. The number of aryl methyl sites for hydroxylation is 2. The predicted molar refractivity (Wildman–Crippen MR) is 92.5 cm³/mol. The van der Waals surface area contributed by atoms with Crippen molar-refractivity contribution in [1.29, 1.82) is 0 Å². The summed E-state index contributed by atoms with van der Waals surface area (Å²) in [6, 6.07) is 0. The van der Waals surface area contributed by atoms with Crippen molar-refractivity contribution in [2.45, 2.75) is 51.9 Å². The average molecular weight is 329 g/mol. The molecule has 1 amide bonds.